The van der Waals surface area contributed by atoms with E-state index in [1.54, 1.807) is 0 Å². The lowest BCUT2D eigenvalue weighted by atomic mass is 10.0. The van der Waals surface area contributed by atoms with Crippen LogP contribution in [0.3, 0.4) is 0 Å². The predicted molar refractivity (Wildman–Crippen MR) is 101 cm³/mol. The van der Waals surface area contributed by atoms with Crippen LogP contribution in [0.1, 0.15) is 22.4 Å². The first kappa shape index (κ1) is 16.7. The lowest BCUT2D eigenvalue weighted by Gasteiger charge is -2.28. The van der Waals surface area contributed by atoms with Gasteiger partial charge in [0.25, 0.3) is 0 Å². The van der Waals surface area contributed by atoms with Crippen molar-refractivity contribution in [3.63, 3.8) is 0 Å². The van der Waals surface area contributed by atoms with Crippen LogP contribution in [-0.2, 0) is 19.5 Å². The first-order chi connectivity index (χ1) is 12.7. The number of nitriles is 1. The average Bonchev–Trinajstić information content (AvgIpc) is 2.68. The molecule has 0 unspecified atom stereocenters. The molecule has 1 aliphatic rings. The molecule has 1 aliphatic heterocycles. The Bertz CT molecular complexity index is 976. The van der Waals surface area contributed by atoms with E-state index in [4.69, 9.17) is 16.6 Å². The summed E-state index contributed by atoms with van der Waals surface area (Å²) in [6, 6.07) is 17.6. The quantitative estimate of drug-likeness (QED) is 0.701. The van der Waals surface area contributed by atoms with Crippen molar-refractivity contribution in [2.75, 3.05) is 6.54 Å². The summed E-state index contributed by atoms with van der Waals surface area (Å²) in [7, 11) is 0. The van der Waals surface area contributed by atoms with Crippen molar-refractivity contribution in [2.24, 2.45) is 0 Å². The monoisotopic (exact) mass is 360 g/mol. The average molecular weight is 361 g/mol. The maximum atomic E-state index is 9.26. The summed E-state index contributed by atoms with van der Waals surface area (Å²) in [4.78, 5) is 11.6. The van der Waals surface area contributed by atoms with E-state index in [9.17, 15) is 5.26 Å². The summed E-state index contributed by atoms with van der Waals surface area (Å²) in [6.45, 7) is 2.49. The van der Waals surface area contributed by atoms with Crippen LogP contribution in [0.15, 0.2) is 54.7 Å². The molecular formula is C21H17ClN4. The molecule has 0 fully saturated rings. The minimum absolute atomic E-state index is 0.708. The number of benzene rings is 2. The molecule has 0 radical (unpaired) electrons. The normalized spacial score (nSPS) is 13.8. The fraction of sp³-hybridized carbons (Fsp3) is 0.190. The largest absolute Gasteiger partial charge is 0.294 e. The number of aromatic nitrogens is 2. The van der Waals surface area contributed by atoms with Crippen LogP contribution in [0.5, 0.6) is 0 Å². The third-order valence-corrected chi connectivity index (χ3v) is 4.90. The maximum absolute atomic E-state index is 9.26. The van der Waals surface area contributed by atoms with E-state index in [0.717, 1.165) is 59.8 Å². The molecule has 0 amide bonds. The van der Waals surface area contributed by atoms with Crippen molar-refractivity contribution in [1.82, 2.24) is 14.9 Å². The lowest BCUT2D eigenvalue weighted by molar-refractivity contribution is 0.243. The topological polar surface area (TPSA) is 52.8 Å². The zero-order valence-corrected chi connectivity index (χ0v) is 14.9. The van der Waals surface area contributed by atoms with Gasteiger partial charge in [0.2, 0.25) is 0 Å². The van der Waals surface area contributed by atoms with Gasteiger partial charge >= 0.3 is 0 Å². The summed E-state index contributed by atoms with van der Waals surface area (Å²) in [5.41, 5.74) is 5.05. The molecule has 0 atom stereocenters. The summed E-state index contributed by atoms with van der Waals surface area (Å²) < 4.78 is 0. The van der Waals surface area contributed by atoms with Gasteiger partial charge in [-0.1, -0.05) is 29.8 Å². The minimum Gasteiger partial charge on any atom is -0.294 e. The Morgan fingerprint density at radius 2 is 1.92 bits per heavy atom. The second-order valence-corrected chi connectivity index (χ2v) is 6.84. The molecule has 0 saturated heterocycles. The van der Waals surface area contributed by atoms with E-state index in [1.807, 2.05) is 54.7 Å². The number of rotatable bonds is 3. The van der Waals surface area contributed by atoms with E-state index in [-0.39, 0.29) is 0 Å². The standard InChI is InChI=1S/C21H17ClN4/c22-19-7-5-15(6-8-19)21-24-12-18-14-26(10-9-20(18)25-21)13-17-4-2-1-3-16(17)11-23/h1-8,12H,9-10,13-14H2. The van der Waals surface area contributed by atoms with Gasteiger partial charge < -0.3 is 0 Å². The first-order valence-corrected chi connectivity index (χ1v) is 8.92. The van der Waals surface area contributed by atoms with Crippen molar-refractivity contribution in [3.8, 4) is 17.5 Å². The van der Waals surface area contributed by atoms with Crippen molar-refractivity contribution in [3.05, 3.63) is 82.1 Å². The van der Waals surface area contributed by atoms with Gasteiger partial charge in [-0.3, -0.25) is 4.90 Å². The molecule has 2 heterocycles. The first-order valence-electron chi connectivity index (χ1n) is 8.54. The van der Waals surface area contributed by atoms with Gasteiger partial charge in [0.15, 0.2) is 5.82 Å². The SMILES string of the molecule is N#Cc1ccccc1CN1CCc2nc(-c3ccc(Cl)cc3)ncc2C1. The zero-order valence-electron chi connectivity index (χ0n) is 14.2. The fourth-order valence-corrected chi connectivity index (χ4v) is 3.38. The molecule has 4 rings (SSSR count). The van der Waals surface area contributed by atoms with Gasteiger partial charge in [-0.15, -0.1) is 0 Å². The second-order valence-electron chi connectivity index (χ2n) is 6.40. The smallest absolute Gasteiger partial charge is 0.159 e. The van der Waals surface area contributed by atoms with Crippen LogP contribution in [0.25, 0.3) is 11.4 Å². The highest BCUT2D eigenvalue weighted by Gasteiger charge is 2.19. The Balaban J connectivity index is 1.53. The van der Waals surface area contributed by atoms with Crippen molar-refractivity contribution in [2.45, 2.75) is 19.5 Å². The summed E-state index contributed by atoms with van der Waals surface area (Å²) in [5, 5.41) is 9.97. The number of nitrogens with zero attached hydrogens (tertiary/aromatic N) is 4. The van der Waals surface area contributed by atoms with Crippen LogP contribution >= 0.6 is 11.6 Å². The fourth-order valence-electron chi connectivity index (χ4n) is 3.26. The van der Waals surface area contributed by atoms with E-state index >= 15 is 0 Å². The van der Waals surface area contributed by atoms with Gasteiger partial charge in [-0.25, -0.2) is 9.97 Å². The molecule has 0 saturated carbocycles. The second kappa shape index (κ2) is 7.25. The van der Waals surface area contributed by atoms with Crippen LogP contribution in [0.4, 0.5) is 0 Å². The van der Waals surface area contributed by atoms with Crippen LogP contribution in [-0.4, -0.2) is 21.4 Å². The molecular weight excluding hydrogens is 344 g/mol. The molecule has 4 nitrogen and oxygen atoms in total. The number of hydrogen-bond acceptors (Lipinski definition) is 4. The molecule has 3 aromatic rings. The molecule has 0 bridgehead atoms. The van der Waals surface area contributed by atoms with Crippen LogP contribution in [0.2, 0.25) is 5.02 Å². The third-order valence-electron chi connectivity index (χ3n) is 4.65. The van der Waals surface area contributed by atoms with E-state index < -0.39 is 0 Å². The van der Waals surface area contributed by atoms with Crippen molar-refractivity contribution >= 4 is 11.6 Å². The number of hydrogen-bond donors (Lipinski definition) is 0. The molecule has 0 spiro atoms. The van der Waals surface area contributed by atoms with E-state index in [0.29, 0.717) is 5.02 Å². The minimum atomic E-state index is 0.708. The molecule has 128 valence electrons. The number of halogens is 1. The van der Waals surface area contributed by atoms with E-state index in [2.05, 4.69) is 16.0 Å². The lowest BCUT2D eigenvalue weighted by Crippen LogP contribution is -2.31. The Morgan fingerprint density at radius 3 is 2.73 bits per heavy atom. The van der Waals surface area contributed by atoms with Crippen LogP contribution < -0.4 is 0 Å². The molecule has 0 aliphatic carbocycles. The van der Waals surface area contributed by atoms with Gasteiger partial charge in [0, 0.05) is 48.4 Å². The molecule has 1 aromatic heterocycles. The summed E-state index contributed by atoms with van der Waals surface area (Å²) in [5.74, 6) is 0.740. The Labute approximate surface area is 157 Å². The highest BCUT2D eigenvalue weighted by atomic mass is 35.5. The highest BCUT2D eigenvalue weighted by molar-refractivity contribution is 6.30. The Kier molecular flexibility index (Phi) is 4.66. The van der Waals surface area contributed by atoms with Crippen molar-refractivity contribution < 1.29 is 0 Å². The third kappa shape index (κ3) is 3.45. The number of fused-ring (bicyclic) bond motifs is 1. The van der Waals surface area contributed by atoms with E-state index in [1.165, 1.54) is 0 Å². The molecule has 26 heavy (non-hydrogen) atoms. The molecule has 0 N–H and O–H groups in total. The van der Waals surface area contributed by atoms with Crippen LogP contribution in [0, 0.1) is 11.3 Å². The molecule has 2 aromatic carbocycles. The zero-order chi connectivity index (χ0) is 17.9. The van der Waals surface area contributed by atoms with Gasteiger partial charge in [0.05, 0.1) is 17.3 Å². The van der Waals surface area contributed by atoms with Crippen molar-refractivity contribution in [1.29, 1.82) is 5.26 Å². The van der Waals surface area contributed by atoms with Gasteiger partial charge in [0.1, 0.15) is 0 Å². The summed E-state index contributed by atoms with van der Waals surface area (Å²) in [6.07, 6.45) is 2.81. The highest BCUT2D eigenvalue weighted by Crippen LogP contribution is 2.23. The Morgan fingerprint density at radius 1 is 1.12 bits per heavy atom. The molecule has 5 heteroatoms. The van der Waals surface area contributed by atoms with Gasteiger partial charge in [-0.2, -0.15) is 5.26 Å². The van der Waals surface area contributed by atoms with Gasteiger partial charge in [-0.05, 0) is 35.9 Å². The maximum Gasteiger partial charge on any atom is 0.159 e. The summed E-state index contributed by atoms with van der Waals surface area (Å²) >= 11 is 5.95. The Hall–Kier alpha value is -2.74. The predicted octanol–water partition coefficient (Wildman–Crippen LogP) is 4.23.